The second-order valence-electron chi connectivity index (χ2n) is 7.95. The molecule has 0 unspecified atom stereocenters. The molecule has 0 fully saturated rings. The SMILES string of the molecule is CC(C)CCCCCc1ccc(O)c(CCCCCC(C)C)c1. The Labute approximate surface area is 144 Å². The van der Waals surface area contributed by atoms with Crippen molar-refractivity contribution in [2.24, 2.45) is 11.8 Å². The molecule has 0 bridgehead atoms. The highest BCUT2D eigenvalue weighted by Crippen LogP contribution is 2.23. The molecule has 0 spiro atoms. The van der Waals surface area contributed by atoms with Crippen LogP contribution in [0.15, 0.2) is 18.2 Å². The van der Waals surface area contributed by atoms with Crippen LogP contribution in [0.5, 0.6) is 5.75 Å². The predicted octanol–water partition coefficient (Wildman–Crippen LogP) is 6.91. The van der Waals surface area contributed by atoms with Crippen LogP contribution in [0.25, 0.3) is 0 Å². The van der Waals surface area contributed by atoms with Crippen LogP contribution in [0.1, 0.15) is 90.2 Å². The van der Waals surface area contributed by atoms with Crippen LogP contribution in [0, 0.1) is 11.8 Å². The number of phenolic OH excluding ortho intramolecular Hbond substituents is 1. The standard InChI is InChI=1S/C22H38O/c1-18(2)11-7-5-9-13-20-15-16-22(23)21(17-20)14-10-6-8-12-19(3)4/h15-19,23H,5-14H2,1-4H3. The fraction of sp³-hybridized carbons (Fsp3) is 0.727. The number of hydrogen-bond acceptors (Lipinski definition) is 1. The first-order valence-corrected chi connectivity index (χ1v) is 9.79. The summed E-state index contributed by atoms with van der Waals surface area (Å²) in [6, 6.07) is 6.23. The minimum Gasteiger partial charge on any atom is -0.508 e. The van der Waals surface area contributed by atoms with Crippen molar-refractivity contribution in [3.63, 3.8) is 0 Å². The van der Waals surface area contributed by atoms with Crippen LogP contribution in [0.2, 0.25) is 0 Å². The lowest BCUT2D eigenvalue weighted by Crippen LogP contribution is -1.93. The van der Waals surface area contributed by atoms with Crippen LogP contribution in [-0.2, 0) is 12.8 Å². The number of phenols is 1. The maximum Gasteiger partial charge on any atom is 0.118 e. The van der Waals surface area contributed by atoms with Gasteiger partial charge in [0.15, 0.2) is 0 Å². The number of rotatable bonds is 12. The normalized spacial score (nSPS) is 11.6. The molecule has 0 atom stereocenters. The lowest BCUT2D eigenvalue weighted by Gasteiger charge is -2.09. The summed E-state index contributed by atoms with van der Waals surface area (Å²) in [5.74, 6) is 2.12. The Morgan fingerprint density at radius 3 is 1.87 bits per heavy atom. The molecule has 1 nitrogen and oxygen atoms in total. The monoisotopic (exact) mass is 318 g/mol. The van der Waals surface area contributed by atoms with Crippen molar-refractivity contribution in [3.05, 3.63) is 29.3 Å². The quantitative estimate of drug-likeness (QED) is 0.415. The first-order valence-electron chi connectivity index (χ1n) is 9.79. The third-order valence-corrected chi connectivity index (χ3v) is 4.62. The second kappa shape index (κ2) is 11.5. The molecule has 0 aliphatic carbocycles. The second-order valence-corrected chi connectivity index (χ2v) is 7.95. The average Bonchev–Trinajstić information content (AvgIpc) is 2.48. The molecule has 1 heteroatoms. The van der Waals surface area contributed by atoms with Crippen molar-refractivity contribution in [3.8, 4) is 5.75 Å². The van der Waals surface area contributed by atoms with E-state index in [9.17, 15) is 5.11 Å². The van der Waals surface area contributed by atoms with Crippen molar-refractivity contribution in [1.82, 2.24) is 0 Å². The molecule has 0 amide bonds. The third kappa shape index (κ3) is 9.69. The molecular formula is C22H38O. The van der Waals surface area contributed by atoms with Crippen LogP contribution in [0.4, 0.5) is 0 Å². The Balaban J connectivity index is 2.30. The molecule has 0 heterocycles. The zero-order chi connectivity index (χ0) is 17.1. The van der Waals surface area contributed by atoms with E-state index in [1.165, 1.54) is 56.9 Å². The van der Waals surface area contributed by atoms with Gasteiger partial charge in [0.2, 0.25) is 0 Å². The minimum atomic E-state index is 0.484. The molecule has 1 aromatic carbocycles. The van der Waals surface area contributed by atoms with Crippen molar-refractivity contribution >= 4 is 0 Å². The Bertz CT molecular complexity index is 420. The average molecular weight is 319 g/mol. The van der Waals surface area contributed by atoms with Crippen LogP contribution in [0.3, 0.4) is 0 Å². The van der Waals surface area contributed by atoms with E-state index >= 15 is 0 Å². The van der Waals surface area contributed by atoms with Gasteiger partial charge < -0.3 is 5.11 Å². The summed E-state index contributed by atoms with van der Waals surface area (Å²) in [4.78, 5) is 0. The summed E-state index contributed by atoms with van der Waals surface area (Å²) in [7, 11) is 0. The molecule has 1 N–H and O–H groups in total. The summed E-state index contributed by atoms with van der Waals surface area (Å²) in [5.41, 5.74) is 2.54. The molecule has 0 saturated carbocycles. The third-order valence-electron chi connectivity index (χ3n) is 4.62. The Morgan fingerprint density at radius 1 is 0.739 bits per heavy atom. The maximum absolute atomic E-state index is 10.1. The number of benzene rings is 1. The molecule has 0 saturated heterocycles. The number of aromatic hydroxyl groups is 1. The molecule has 0 aliphatic rings. The molecule has 0 radical (unpaired) electrons. The molecule has 0 aliphatic heterocycles. The summed E-state index contributed by atoms with van der Waals surface area (Å²) < 4.78 is 0. The van der Waals surface area contributed by atoms with E-state index in [1.54, 1.807) is 0 Å². The molecule has 23 heavy (non-hydrogen) atoms. The maximum atomic E-state index is 10.1. The first kappa shape index (κ1) is 20.1. The van der Waals surface area contributed by atoms with E-state index in [0.717, 1.165) is 30.2 Å². The fourth-order valence-electron chi connectivity index (χ4n) is 3.10. The Kier molecular flexibility index (Phi) is 10.1. The molecule has 0 aromatic heterocycles. The van der Waals surface area contributed by atoms with Gasteiger partial charge in [0.25, 0.3) is 0 Å². The van der Waals surface area contributed by atoms with Crippen LogP contribution >= 0.6 is 0 Å². The van der Waals surface area contributed by atoms with Gasteiger partial charge in [0, 0.05) is 0 Å². The number of aryl methyl sites for hydroxylation is 2. The van der Waals surface area contributed by atoms with E-state index in [2.05, 4.69) is 39.8 Å². The van der Waals surface area contributed by atoms with Gasteiger partial charge in [0.1, 0.15) is 5.75 Å². The fourth-order valence-corrected chi connectivity index (χ4v) is 3.10. The van der Waals surface area contributed by atoms with E-state index in [1.807, 2.05) is 6.07 Å². The Morgan fingerprint density at radius 2 is 1.30 bits per heavy atom. The van der Waals surface area contributed by atoms with Crippen LogP contribution in [-0.4, -0.2) is 5.11 Å². The van der Waals surface area contributed by atoms with E-state index in [-0.39, 0.29) is 0 Å². The summed E-state index contributed by atoms with van der Waals surface area (Å²) >= 11 is 0. The topological polar surface area (TPSA) is 20.2 Å². The first-order chi connectivity index (χ1) is 11.0. The lowest BCUT2D eigenvalue weighted by molar-refractivity contribution is 0.464. The Hall–Kier alpha value is -0.980. The van der Waals surface area contributed by atoms with Gasteiger partial charge in [-0.15, -0.1) is 0 Å². The van der Waals surface area contributed by atoms with Crippen molar-refractivity contribution in [1.29, 1.82) is 0 Å². The molecular weight excluding hydrogens is 280 g/mol. The van der Waals surface area contributed by atoms with Crippen molar-refractivity contribution in [2.75, 3.05) is 0 Å². The number of hydrogen-bond donors (Lipinski definition) is 1. The summed E-state index contributed by atoms with van der Waals surface area (Å²) in [5, 5.41) is 10.1. The van der Waals surface area contributed by atoms with Gasteiger partial charge >= 0.3 is 0 Å². The predicted molar refractivity (Wildman–Crippen MR) is 102 cm³/mol. The van der Waals surface area contributed by atoms with Gasteiger partial charge in [-0.25, -0.2) is 0 Å². The zero-order valence-electron chi connectivity index (χ0n) is 15.9. The van der Waals surface area contributed by atoms with Gasteiger partial charge in [-0.05, 0) is 54.7 Å². The van der Waals surface area contributed by atoms with Gasteiger partial charge in [-0.3, -0.25) is 0 Å². The molecule has 132 valence electrons. The lowest BCUT2D eigenvalue weighted by atomic mass is 9.98. The highest BCUT2D eigenvalue weighted by molar-refractivity contribution is 5.36. The molecule has 1 rings (SSSR count). The summed E-state index contributed by atoms with van der Waals surface area (Å²) in [6.07, 6.45) is 12.6. The largest absolute Gasteiger partial charge is 0.508 e. The van der Waals surface area contributed by atoms with Crippen molar-refractivity contribution < 1.29 is 5.11 Å². The molecule has 1 aromatic rings. The van der Waals surface area contributed by atoms with Crippen LogP contribution < -0.4 is 0 Å². The van der Waals surface area contributed by atoms with E-state index in [0.29, 0.717) is 5.75 Å². The van der Waals surface area contributed by atoms with Gasteiger partial charge in [0.05, 0.1) is 0 Å². The minimum absolute atomic E-state index is 0.484. The number of unbranched alkanes of at least 4 members (excludes halogenated alkanes) is 4. The van der Waals surface area contributed by atoms with E-state index in [4.69, 9.17) is 0 Å². The zero-order valence-corrected chi connectivity index (χ0v) is 15.9. The van der Waals surface area contributed by atoms with Gasteiger partial charge in [-0.2, -0.15) is 0 Å². The smallest absolute Gasteiger partial charge is 0.118 e. The van der Waals surface area contributed by atoms with Crippen molar-refractivity contribution in [2.45, 2.75) is 91.9 Å². The highest BCUT2D eigenvalue weighted by atomic mass is 16.3. The highest BCUT2D eigenvalue weighted by Gasteiger charge is 2.04. The van der Waals surface area contributed by atoms with Gasteiger partial charge in [-0.1, -0.05) is 78.4 Å². The van der Waals surface area contributed by atoms with E-state index < -0.39 is 0 Å². The summed E-state index contributed by atoms with van der Waals surface area (Å²) in [6.45, 7) is 9.17.